The number of hydrogen-bond donors (Lipinski definition) is 1. The lowest BCUT2D eigenvalue weighted by Gasteiger charge is -2.26. The summed E-state index contributed by atoms with van der Waals surface area (Å²) in [6.07, 6.45) is 0. The van der Waals surface area contributed by atoms with E-state index in [1.54, 1.807) is 11.8 Å². The van der Waals surface area contributed by atoms with Gasteiger partial charge in [-0.1, -0.05) is 51.4 Å². The van der Waals surface area contributed by atoms with Crippen molar-refractivity contribution in [3.8, 4) is 0 Å². The summed E-state index contributed by atoms with van der Waals surface area (Å²) in [7, 11) is 0. The zero-order valence-electron chi connectivity index (χ0n) is 12.7. The molecule has 1 rings (SSSR count). The zero-order valence-corrected chi connectivity index (χ0v) is 14.2. The Hall–Kier alpha value is -0.670. The molecule has 0 fully saturated rings. The molecule has 0 spiro atoms. The van der Waals surface area contributed by atoms with Crippen molar-refractivity contribution in [2.45, 2.75) is 39.5 Å². The Bertz CT molecular complexity index is 409. The smallest absolute Gasteiger partial charge is 0.230 e. The van der Waals surface area contributed by atoms with Crippen LogP contribution >= 0.6 is 23.4 Å². The molecule has 1 N–H and O–H groups in total. The molecule has 0 aliphatic heterocycles. The molecular weight excluding hydrogens is 290 g/mol. The number of carbonyl (C=O) groups is 1. The Morgan fingerprint density at radius 3 is 2.20 bits per heavy atom. The molecular formula is C16H24ClNOS. The fraction of sp³-hybridized carbons (Fsp3) is 0.562. The lowest BCUT2D eigenvalue weighted by Crippen LogP contribution is -2.43. The van der Waals surface area contributed by atoms with Gasteiger partial charge in [-0.25, -0.2) is 0 Å². The normalized spacial score (nSPS) is 11.4. The lowest BCUT2D eigenvalue weighted by atomic mass is 9.93. The molecule has 0 unspecified atom stereocenters. The first-order valence-electron chi connectivity index (χ1n) is 7.01. The molecule has 2 nitrogen and oxygen atoms in total. The van der Waals surface area contributed by atoms with E-state index < -0.39 is 0 Å². The number of rotatable bonds is 7. The van der Waals surface area contributed by atoms with Crippen LogP contribution in [0.5, 0.6) is 0 Å². The van der Waals surface area contributed by atoms with Gasteiger partial charge < -0.3 is 5.32 Å². The molecule has 1 amide bonds. The Labute approximate surface area is 131 Å². The molecule has 0 saturated carbocycles. The lowest BCUT2D eigenvalue weighted by molar-refractivity contribution is -0.119. The van der Waals surface area contributed by atoms with Gasteiger partial charge in [0.15, 0.2) is 0 Å². The topological polar surface area (TPSA) is 29.1 Å². The van der Waals surface area contributed by atoms with Crippen molar-refractivity contribution < 1.29 is 4.79 Å². The summed E-state index contributed by atoms with van der Waals surface area (Å²) in [6, 6.07) is 8.01. The van der Waals surface area contributed by atoms with Gasteiger partial charge in [0.05, 0.1) is 5.75 Å². The third kappa shape index (κ3) is 6.19. The number of halogens is 1. The van der Waals surface area contributed by atoms with Crippen LogP contribution in [-0.2, 0) is 10.5 Å². The van der Waals surface area contributed by atoms with Gasteiger partial charge in [0, 0.05) is 16.8 Å². The minimum atomic E-state index is 0.122. The minimum Gasteiger partial charge on any atom is -0.352 e. The van der Waals surface area contributed by atoms with Gasteiger partial charge in [-0.3, -0.25) is 4.79 Å². The molecule has 0 aliphatic rings. The van der Waals surface area contributed by atoms with E-state index in [-0.39, 0.29) is 11.9 Å². The highest BCUT2D eigenvalue weighted by atomic mass is 35.5. The summed E-state index contributed by atoms with van der Waals surface area (Å²) in [6.45, 7) is 8.58. The molecule has 1 aromatic rings. The number of carbonyl (C=O) groups excluding carboxylic acids is 1. The van der Waals surface area contributed by atoms with E-state index in [4.69, 9.17) is 11.6 Å². The van der Waals surface area contributed by atoms with Crippen molar-refractivity contribution >= 4 is 29.3 Å². The summed E-state index contributed by atoms with van der Waals surface area (Å²) in [5.41, 5.74) is 1.19. The van der Waals surface area contributed by atoms with Crippen LogP contribution in [0.25, 0.3) is 0 Å². The predicted molar refractivity (Wildman–Crippen MR) is 89.2 cm³/mol. The average molecular weight is 314 g/mol. The second kappa shape index (κ2) is 8.58. The molecule has 20 heavy (non-hydrogen) atoms. The average Bonchev–Trinajstić information content (AvgIpc) is 2.37. The van der Waals surface area contributed by atoms with Crippen LogP contribution < -0.4 is 5.32 Å². The van der Waals surface area contributed by atoms with Gasteiger partial charge >= 0.3 is 0 Å². The van der Waals surface area contributed by atoms with Crippen LogP contribution in [0.15, 0.2) is 24.3 Å². The first kappa shape index (κ1) is 17.4. The van der Waals surface area contributed by atoms with E-state index in [0.29, 0.717) is 17.6 Å². The third-order valence-electron chi connectivity index (χ3n) is 3.18. The van der Waals surface area contributed by atoms with Crippen molar-refractivity contribution in [3.05, 3.63) is 34.9 Å². The number of amides is 1. The van der Waals surface area contributed by atoms with Crippen molar-refractivity contribution in [2.24, 2.45) is 11.8 Å². The van der Waals surface area contributed by atoms with Crippen LogP contribution in [0.4, 0.5) is 0 Å². The van der Waals surface area contributed by atoms with E-state index in [9.17, 15) is 4.79 Å². The maximum atomic E-state index is 12.0. The van der Waals surface area contributed by atoms with E-state index in [1.807, 2.05) is 24.3 Å². The Kier molecular flexibility index (Phi) is 7.46. The molecule has 1 aromatic carbocycles. The Morgan fingerprint density at radius 1 is 1.15 bits per heavy atom. The van der Waals surface area contributed by atoms with Crippen LogP contribution in [0.1, 0.15) is 33.3 Å². The van der Waals surface area contributed by atoms with Crippen molar-refractivity contribution in [1.29, 1.82) is 0 Å². The summed E-state index contributed by atoms with van der Waals surface area (Å²) in [5.74, 6) is 2.37. The van der Waals surface area contributed by atoms with Gasteiger partial charge in [-0.05, 0) is 29.5 Å². The molecule has 0 heterocycles. The quantitative estimate of drug-likeness (QED) is 0.810. The van der Waals surface area contributed by atoms with Gasteiger partial charge in [0.2, 0.25) is 5.91 Å². The zero-order chi connectivity index (χ0) is 15.1. The second-order valence-electron chi connectivity index (χ2n) is 5.70. The molecule has 0 aliphatic carbocycles. The number of hydrogen-bond acceptors (Lipinski definition) is 2. The Balaban J connectivity index is 2.34. The molecule has 4 heteroatoms. The molecule has 0 radical (unpaired) electrons. The van der Waals surface area contributed by atoms with E-state index >= 15 is 0 Å². The van der Waals surface area contributed by atoms with E-state index in [2.05, 4.69) is 33.0 Å². The summed E-state index contributed by atoms with van der Waals surface area (Å²) < 4.78 is 0. The molecule has 0 atom stereocenters. The fourth-order valence-electron chi connectivity index (χ4n) is 2.17. The first-order valence-corrected chi connectivity index (χ1v) is 8.55. The van der Waals surface area contributed by atoms with Gasteiger partial charge in [-0.15, -0.1) is 11.8 Å². The Morgan fingerprint density at radius 2 is 1.70 bits per heavy atom. The molecule has 112 valence electrons. The maximum absolute atomic E-state index is 12.0. The number of nitrogens with one attached hydrogen (secondary N) is 1. The van der Waals surface area contributed by atoms with E-state index in [1.165, 1.54) is 5.56 Å². The van der Waals surface area contributed by atoms with Crippen molar-refractivity contribution in [3.63, 3.8) is 0 Å². The fourth-order valence-corrected chi connectivity index (χ4v) is 3.10. The molecule has 0 aromatic heterocycles. The van der Waals surface area contributed by atoms with Crippen molar-refractivity contribution in [1.82, 2.24) is 5.32 Å². The van der Waals surface area contributed by atoms with Gasteiger partial charge in [0.25, 0.3) is 0 Å². The minimum absolute atomic E-state index is 0.122. The summed E-state index contributed by atoms with van der Waals surface area (Å²) >= 11 is 7.47. The van der Waals surface area contributed by atoms with Crippen LogP contribution in [-0.4, -0.2) is 17.7 Å². The maximum Gasteiger partial charge on any atom is 0.230 e. The van der Waals surface area contributed by atoms with Gasteiger partial charge in [0.1, 0.15) is 0 Å². The van der Waals surface area contributed by atoms with E-state index in [0.717, 1.165) is 10.8 Å². The highest BCUT2D eigenvalue weighted by Crippen LogP contribution is 2.16. The van der Waals surface area contributed by atoms with Crippen LogP contribution in [0.2, 0.25) is 5.02 Å². The highest BCUT2D eigenvalue weighted by Gasteiger charge is 2.19. The summed E-state index contributed by atoms with van der Waals surface area (Å²) in [4.78, 5) is 12.0. The highest BCUT2D eigenvalue weighted by molar-refractivity contribution is 7.99. The molecule has 0 saturated heterocycles. The van der Waals surface area contributed by atoms with Gasteiger partial charge in [-0.2, -0.15) is 0 Å². The standard InChI is InChI=1S/C16H24ClNOS/c1-11(2)16(12(3)4)18-15(19)10-20-9-13-5-7-14(17)8-6-13/h5-8,11-12,16H,9-10H2,1-4H3,(H,18,19). The van der Waals surface area contributed by atoms with Crippen molar-refractivity contribution in [2.75, 3.05) is 5.75 Å². The number of benzene rings is 1. The first-order chi connectivity index (χ1) is 9.40. The van der Waals surface area contributed by atoms with Crippen LogP contribution in [0, 0.1) is 11.8 Å². The largest absolute Gasteiger partial charge is 0.352 e. The number of thioether (sulfide) groups is 1. The summed E-state index contributed by atoms with van der Waals surface area (Å²) in [5, 5.41) is 3.87. The van der Waals surface area contributed by atoms with Crippen LogP contribution in [0.3, 0.4) is 0 Å². The second-order valence-corrected chi connectivity index (χ2v) is 7.12. The monoisotopic (exact) mass is 313 g/mol. The predicted octanol–water partition coefficient (Wildman–Crippen LogP) is 4.37. The molecule has 0 bridgehead atoms. The SMILES string of the molecule is CC(C)C(NC(=O)CSCc1ccc(Cl)cc1)C(C)C. The third-order valence-corrected chi connectivity index (χ3v) is 4.44.